The predicted molar refractivity (Wildman–Crippen MR) is 104 cm³/mol. The third-order valence-corrected chi connectivity index (χ3v) is 4.03. The van der Waals surface area contributed by atoms with Gasteiger partial charge < -0.3 is 15.2 Å². The molecule has 1 aromatic heterocycles. The summed E-state index contributed by atoms with van der Waals surface area (Å²) in [5.74, 6) is 0.465. The molecule has 0 aliphatic heterocycles. The van der Waals surface area contributed by atoms with Gasteiger partial charge in [0.2, 0.25) is 0 Å². The standard InChI is InChI=1S/C21H23N3O3/c1-14(2)27-17-10-8-16(9-11-17)18-12-19(24-23-18)21(26)22-20(13-25)15-6-4-3-5-7-15/h3-12,14,20,25H,13H2,1-2H3,(H,22,26)(H,23,24)/t20-/m0/s1. The van der Waals surface area contributed by atoms with Gasteiger partial charge in [-0.15, -0.1) is 0 Å². The van der Waals surface area contributed by atoms with Crippen molar-refractivity contribution in [3.63, 3.8) is 0 Å². The molecule has 3 rings (SSSR count). The lowest BCUT2D eigenvalue weighted by molar-refractivity contribution is 0.0911. The lowest BCUT2D eigenvalue weighted by Gasteiger charge is -2.15. The van der Waals surface area contributed by atoms with Gasteiger partial charge in [-0.3, -0.25) is 9.89 Å². The highest BCUT2D eigenvalue weighted by Gasteiger charge is 2.17. The van der Waals surface area contributed by atoms with Crippen LogP contribution in [0.15, 0.2) is 60.7 Å². The average molecular weight is 365 g/mol. The molecule has 0 saturated carbocycles. The molecule has 1 heterocycles. The Bertz CT molecular complexity index is 873. The number of H-pyrrole nitrogens is 1. The number of aromatic amines is 1. The second-order valence-corrected chi connectivity index (χ2v) is 6.48. The maximum absolute atomic E-state index is 12.5. The summed E-state index contributed by atoms with van der Waals surface area (Å²) in [7, 11) is 0. The van der Waals surface area contributed by atoms with Gasteiger partial charge in [-0.05, 0) is 49.7 Å². The normalized spacial score (nSPS) is 12.0. The minimum Gasteiger partial charge on any atom is -0.491 e. The number of aliphatic hydroxyl groups excluding tert-OH is 1. The molecule has 3 aromatic rings. The fourth-order valence-electron chi connectivity index (χ4n) is 2.72. The van der Waals surface area contributed by atoms with Crippen LogP contribution in [0.2, 0.25) is 0 Å². The fourth-order valence-corrected chi connectivity index (χ4v) is 2.72. The third kappa shape index (κ3) is 4.74. The van der Waals surface area contributed by atoms with E-state index in [9.17, 15) is 9.90 Å². The lowest BCUT2D eigenvalue weighted by Crippen LogP contribution is -2.31. The Labute approximate surface area is 158 Å². The van der Waals surface area contributed by atoms with Gasteiger partial charge in [0.15, 0.2) is 0 Å². The SMILES string of the molecule is CC(C)Oc1ccc(-c2cc(C(=O)N[C@@H](CO)c3ccccc3)[nH]n2)cc1. The number of nitrogens with zero attached hydrogens (tertiary/aromatic N) is 1. The molecule has 1 atom stereocenters. The Morgan fingerprint density at radius 3 is 2.48 bits per heavy atom. The van der Waals surface area contributed by atoms with E-state index in [0.29, 0.717) is 11.4 Å². The number of nitrogens with one attached hydrogen (secondary N) is 2. The molecule has 6 nitrogen and oxygen atoms in total. The van der Waals surface area contributed by atoms with E-state index >= 15 is 0 Å². The molecule has 27 heavy (non-hydrogen) atoms. The molecule has 140 valence electrons. The Morgan fingerprint density at radius 2 is 1.85 bits per heavy atom. The second-order valence-electron chi connectivity index (χ2n) is 6.48. The summed E-state index contributed by atoms with van der Waals surface area (Å²) >= 11 is 0. The molecule has 0 radical (unpaired) electrons. The molecule has 0 bridgehead atoms. The van der Waals surface area contributed by atoms with Crippen LogP contribution < -0.4 is 10.1 Å². The highest BCUT2D eigenvalue weighted by molar-refractivity contribution is 5.93. The summed E-state index contributed by atoms with van der Waals surface area (Å²) in [4.78, 5) is 12.5. The van der Waals surface area contributed by atoms with E-state index in [1.54, 1.807) is 6.07 Å². The van der Waals surface area contributed by atoms with Crippen LogP contribution in [0.5, 0.6) is 5.75 Å². The zero-order valence-corrected chi connectivity index (χ0v) is 15.3. The minimum absolute atomic E-state index is 0.112. The topological polar surface area (TPSA) is 87.2 Å². The summed E-state index contributed by atoms with van der Waals surface area (Å²) in [5.41, 5.74) is 2.72. The van der Waals surface area contributed by atoms with Crippen LogP contribution in [0.4, 0.5) is 0 Å². The molecule has 0 saturated heterocycles. The molecular weight excluding hydrogens is 342 g/mol. The van der Waals surface area contributed by atoms with Gasteiger partial charge in [0, 0.05) is 5.56 Å². The monoisotopic (exact) mass is 365 g/mol. The number of amides is 1. The molecule has 0 unspecified atom stereocenters. The van der Waals surface area contributed by atoms with Gasteiger partial charge in [0.1, 0.15) is 11.4 Å². The van der Waals surface area contributed by atoms with Crippen molar-refractivity contribution in [3.05, 3.63) is 71.9 Å². The minimum atomic E-state index is -0.474. The van der Waals surface area contributed by atoms with Crippen molar-refractivity contribution in [1.29, 1.82) is 0 Å². The number of aliphatic hydroxyl groups is 1. The van der Waals surface area contributed by atoms with Crippen molar-refractivity contribution in [2.75, 3.05) is 6.61 Å². The van der Waals surface area contributed by atoms with Gasteiger partial charge in [-0.1, -0.05) is 30.3 Å². The van der Waals surface area contributed by atoms with Crippen LogP contribution in [-0.4, -0.2) is 33.9 Å². The Kier molecular flexibility index (Phi) is 5.88. The van der Waals surface area contributed by atoms with Crippen molar-refractivity contribution in [2.45, 2.75) is 26.0 Å². The zero-order chi connectivity index (χ0) is 19.2. The summed E-state index contributed by atoms with van der Waals surface area (Å²) in [6.07, 6.45) is 0.112. The van der Waals surface area contributed by atoms with Crippen LogP contribution in [0.1, 0.15) is 35.9 Å². The molecular formula is C21H23N3O3. The summed E-state index contributed by atoms with van der Waals surface area (Å²) < 4.78 is 5.63. The van der Waals surface area contributed by atoms with Crippen LogP contribution >= 0.6 is 0 Å². The molecule has 0 spiro atoms. The van der Waals surface area contributed by atoms with E-state index in [-0.39, 0.29) is 18.6 Å². The number of hydrogen-bond acceptors (Lipinski definition) is 4. The molecule has 0 aliphatic carbocycles. The maximum atomic E-state index is 12.5. The van der Waals surface area contributed by atoms with Crippen molar-refractivity contribution >= 4 is 5.91 Å². The highest BCUT2D eigenvalue weighted by atomic mass is 16.5. The van der Waals surface area contributed by atoms with Crippen LogP contribution in [0.25, 0.3) is 11.3 Å². The first-order valence-corrected chi connectivity index (χ1v) is 8.86. The zero-order valence-electron chi connectivity index (χ0n) is 15.3. The van der Waals surface area contributed by atoms with Gasteiger partial charge >= 0.3 is 0 Å². The van der Waals surface area contributed by atoms with Crippen LogP contribution in [0, 0.1) is 0 Å². The first kappa shape index (κ1) is 18.7. The van der Waals surface area contributed by atoms with Gasteiger partial charge in [0.05, 0.1) is 24.4 Å². The average Bonchev–Trinajstić information content (AvgIpc) is 3.17. The fraction of sp³-hybridized carbons (Fsp3) is 0.238. The smallest absolute Gasteiger partial charge is 0.269 e. The van der Waals surface area contributed by atoms with Crippen molar-refractivity contribution < 1.29 is 14.6 Å². The molecule has 0 fully saturated rings. The molecule has 6 heteroatoms. The van der Waals surface area contributed by atoms with Gasteiger partial charge in [0.25, 0.3) is 5.91 Å². The molecule has 0 aliphatic rings. The number of benzene rings is 2. The Morgan fingerprint density at radius 1 is 1.15 bits per heavy atom. The van der Waals surface area contributed by atoms with E-state index in [2.05, 4.69) is 15.5 Å². The first-order valence-electron chi connectivity index (χ1n) is 8.86. The Hall–Kier alpha value is -3.12. The maximum Gasteiger partial charge on any atom is 0.269 e. The molecule has 2 aromatic carbocycles. The van der Waals surface area contributed by atoms with E-state index < -0.39 is 6.04 Å². The number of ether oxygens (including phenoxy) is 1. The third-order valence-electron chi connectivity index (χ3n) is 4.03. The molecule has 3 N–H and O–H groups in total. The second kappa shape index (κ2) is 8.51. The number of carbonyl (C=O) groups is 1. The summed E-state index contributed by atoms with van der Waals surface area (Å²) in [6.45, 7) is 3.76. The van der Waals surface area contributed by atoms with E-state index in [1.807, 2.05) is 68.4 Å². The van der Waals surface area contributed by atoms with E-state index in [4.69, 9.17) is 4.74 Å². The quantitative estimate of drug-likeness (QED) is 0.599. The highest BCUT2D eigenvalue weighted by Crippen LogP contribution is 2.22. The Balaban J connectivity index is 1.70. The van der Waals surface area contributed by atoms with Crippen LogP contribution in [-0.2, 0) is 0 Å². The molecule has 1 amide bonds. The number of carbonyl (C=O) groups excluding carboxylic acids is 1. The van der Waals surface area contributed by atoms with Crippen molar-refractivity contribution in [3.8, 4) is 17.0 Å². The largest absolute Gasteiger partial charge is 0.491 e. The summed E-state index contributed by atoms with van der Waals surface area (Å²) in [5, 5.41) is 19.4. The van der Waals surface area contributed by atoms with Crippen LogP contribution in [0.3, 0.4) is 0 Å². The van der Waals surface area contributed by atoms with Gasteiger partial charge in [-0.2, -0.15) is 5.10 Å². The predicted octanol–water partition coefficient (Wildman–Crippen LogP) is 3.33. The van der Waals surface area contributed by atoms with Crippen molar-refractivity contribution in [2.24, 2.45) is 0 Å². The number of rotatable bonds is 7. The lowest BCUT2D eigenvalue weighted by atomic mass is 10.1. The number of aromatic nitrogens is 2. The number of hydrogen-bond donors (Lipinski definition) is 3. The van der Waals surface area contributed by atoms with E-state index in [0.717, 1.165) is 16.9 Å². The van der Waals surface area contributed by atoms with E-state index in [1.165, 1.54) is 0 Å². The summed E-state index contributed by atoms with van der Waals surface area (Å²) in [6, 6.07) is 18.1. The van der Waals surface area contributed by atoms with Gasteiger partial charge in [-0.25, -0.2) is 0 Å². The van der Waals surface area contributed by atoms with Crippen molar-refractivity contribution in [1.82, 2.24) is 15.5 Å². The first-order chi connectivity index (χ1) is 13.1.